The molecule has 0 amide bonds. The number of hydrogen-bond acceptors (Lipinski definition) is 2. The van der Waals surface area contributed by atoms with Crippen LogP contribution in [-0.4, -0.2) is 25.2 Å². The third-order valence-corrected chi connectivity index (χ3v) is 5.04. The first-order chi connectivity index (χ1) is 12.8. The zero-order valence-corrected chi connectivity index (χ0v) is 16.0. The molecule has 1 heterocycles. The molecule has 2 N–H and O–H groups in total. The molecule has 1 aromatic heterocycles. The predicted molar refractivity (Wildman–Crippen MR) is 110 cm³/mol. The summed E-state index contributed by atoms with van der Waals surface area (Å²) >= 11 is 0. The molecule has 3 heteroatoms. The maximum absolute atomic E-state index is 5.38. The van der Waals surface area contributed by atoms with Crippen LogP contribution in [0, 0.1) is 6.92 Å². The number of aromatic nitrogens is 1. The molecule has 0 unspecified atom stereocenters. The van der Waals surface area contributed by atoms with Gasteiger partial charge in [0, 0.05) is 16.6 Å². The SMILES string of the molecule is COc1ccc2[nH]c(C)c(CCCCCNCCc3ccccc3)c2c1. The Bertz CT molecular complexity index is 808. The van der Waals surface area contributed by atoms with Crippen molar-refractivity contribution in [2.75, 3.05) is 20.2 Å². The van der Waals surface area contributed by atoms with Crippen LogP contribution in [0.5, 0.6) is 5.75 Å². The van der Waals surface area contributed by atoms with Gasteiger partial charge in [-0.1, -0.05) is 36.8 Å². The Morgan fingerprint density at radius 2 is 1.77 bits per heavy atom. The van der Waals surface area contributed by atoms with Gasteiger partial charge in [0.25, 0.3) is 0 Å². The van der Waals surface area contributed by atoms with Gasteiger partial charge in [-0.25, -0.2) is 0 Å². The van der Waals surface area contributed by atoms with Crippen molar-refractivity contribution in [1.82, 2.24) is 10.3 Å². The Hall–Kier alpha value is -2.26. The molecule has 0 aliphatic heterocycles. The molecular weight excluding hydrogens is 320 g/mol. The first kappa shape index (κ1) is 18.5. The summed E-state index contributed by atoms with van der Waals surface area (Å²) in [6.45, 7) is 4.34. The van der Waals surface area contributed by atoms with Crippen molar-refractivity contribution in [2.24, 2.45) is 0 Å². The summed E-state index contributed by atoms with van der Waals surface area (Å²) in [5.41, 5.74) is 5.34. The van der Waals surface area contributed by atoms with Gasteiger partial charge < -0.3 is 15.0 Å². The zero-order chi connectivity index (χ0) is 18.2. The van der Waals surface area contributed by atoms with Crippen molar-refractivity contribution in [1.29, 1.82) is 0 Å². The lowest BCUT2D eigenvalue weighted by atomic mass is 10.0. The van der Waals surface area contributed by atoms with Gasteiger partial charge in [-0.15, -0.1) is 0 Å². The number of fused-ring (bicyclic) bond motifs is 1. The number of H-pyrrole nitrogens is 1. The van der Waals surface area contributed by atoms with Crippen molar-refractivity contribution in [2.45, 2.75) is 39.0 Å². The smallest absolute Gasteiger partial charge is 0.119 e. The van der Waals surface area contributed by atoms with E-state index in [0.29, 0.717) is 0 Å². The van der Waals surface area contributed by atoms with Crippen LogP contribution in [0.25, 0.3) is 10.9 Å². The molecule has 0 fully saturated rings. The summed E-state index contributed by atoms with van der Waals surface area (Å²) in [6, 6.07) is 17.0. The molecule has 138 valence electrons. The molecule has 0 spiro atoms. The van der Waals surface area contributed by atoms with Gasteiger partial charge in [-0.3, -0.25) is 0 Å². The van der Waals surface area contributed by atoms with E-state index in [0.717, 1.165) is 31.7 Å². The third-order valence-electron chi connectivity index (χ3n) is 5.04. The second-order valence-electron chi connectivity index (χ2n) is 6.94. The van der Waals surface area contributed by atoms with Gasteiger partial charge in [-0.05, 0) is 75.0 Å². The molecule has 0 atom stereocenters. The standard InChI is InChI=1S/C23H30N2O/c1-18-21(22-17-20(26-2)12-13-23(22)25-18)11-7-4-8-15-24-16-14-19-9-5-3-6-10-19/h3,5-6,9-10,12-13,17,24-25H,4,7-8,11,14-16H2,1-2H3. The number of methoxy groups -OCH3 is 1. The molecular formula is C23H30N2O. The molecule has 0 aliphatic carbocycles. The number of ether oxygens (including phenoxy) is 1. The number of aromatic amines is 1. The lowest BCUT2D eigenvalue weighted by Crippen LogP contribution is -2.18. The second kappa shape index (κ2) is 9.44. The minimum atomic E-state index is 0.931. The fourth-order valence-electron chi connectivity index (χ4n) is 3.54. The topological polar surface area (TPSA) is 37.0 Å². The highest BCUT2D eigenvalue weighted by molar-refractivity contribution is 5.86. The van der Waals surface area contributed by atoms with Crippen LogP contribution >= 0.6 is 0 Å². The van der Waals surface area contributed by atoms with Gasteiger partial charge in [0.05, 0.1) is 7.11 Å². The summed E-state index contributed by atoms with van der Waals surface area (Å²) in [5.74, 6) is 0.931. The zero-order valence-electron chi connectivity index (χ0n) is 16.0. The van der Waals surface area contributed by atoms with E-state index in [4.69, 9.17) is 4.74 Å². The van der Waals surface area contributed by atoms with Crippen LogP contribution in [0.3, 0.4) is 0 Å². The summed E-state index contributed by atoms with van der Waals surface area (Å²) in [5, 5.41) is 4.87. The first-order valence-corrected chi connectivity index (χ1v) is 9.68. The van der Waals surface area contributed by atoms with Crippen LogP contribution in [0.15, 0.2) is 48.5 Å². The van der Waals surface area contributed by atoms with Gasteiger partial charge in [-0.2, -0.15) is 0 Å². The maximum atomic E-state index is 5.38. The van der Waals surface area contributed by atoms with E-state index in [9.17, 15) is 0 Å². The lowest BCUT2D eigenvalue weighted by Gasteiger charge is -2.06. The molecule has 0 aliphatic rings. The molecule has 26 heavy (non-hydrogen) atoms. The number of unbranched alkanes of at least 4 members (excludes halogenated alkanes) is 2. The normalized spacial score (nSPS) is 11.2. The van der Waals surface area contributed by atoms with Crippen molar-refractivity contribution in [3.8, 4) is 5.75 Å². The summed E-state index contributed by atoms with van der Waals surface area (Å²) in [4.78, 5) is 3.49. The van der Waals surface area contributed by atoms with Crippen molar-refractivity contribution in [3.05, 3.63) is 65.4 Å². The number of nitrogens with one attached hydrogen (secondary N) is 2. The third kappa shape index (κ3) is 4.89. The molecule has 0 bridgehead atoms. The van der Waals surface area contributed by atoms with Gasteiger partial charge in [0.15, 0.2) is 0 Å². The number of benzene rings is 2. The highest BCUT2D eigenvalue weighted by atomic mass is 16.5. The first-order valence-electron chi connectivity index (χ1n) is 9.68. The average molecular weight is 351 g/mol. The molecule has 3 aromatic rings. The van der Waals surface area contributed by atoms with E-state index in [1.807, 2.05) is 6.07 Å². The molecule has 3 nitrogen and oxygen atoms in total. The minimum absolute atomic E-state index is 0.931. The largest absolute Gasteiger partial charge is 0.497 e. The van der Waals surface area contributed by atoms with Crippen LogP contribution in [0.1, 0.15) is 36.1 Å². The van der Waals surface area contributed by atoms with Crippen molar-refractivity contribution >= 4 is 10.9 Å². The van der Waals surface area contributed by atoms with Crippen LogP contribution < -0.4 is 10.1 Å². The number of rotatable bonds is 10. The van der Waals surface area contributed by atoms with E-state index in [1.54, 1.807) is 7.11 Å². The number of hydrogen-bond donors (Lipinski definition) is 2. The Kier molecular flexibility index (Phi) is 6.73. The minimum Gasteiger partial charge on any atom is -0.497 e. The summed E-state index contributed by atoms with van der Waals surface area (Å²) < 4.78 is 5.38. The van der Waals surface area contributed by atoms with Crippen molar-refractivity contribution < 1.29 is 4.74 Å². The van der Waals surface area contributed by atoms with Crippen molar-refractivity contribution in [3.63, 3.8) is 0 Å². The van der Waals surface area contributed by atoms with E-state index in [2.05, 4.69) is 59.7 Å². The molecule has 3 rings (SSSR count). The highest BCUT2D eigenvalue weighted by Crippen LogP contribution is 2.27. The fourth-order valence-corrected chi connectivity index (χ4v) is 3.54. The summed E-state index contributed by atoms with van der Waals surface area (Å²) in [6.07, 6.45) is 5.96. The quantitative estimate of drug-likeness (QED) is 0.503. The monoisotopic (exact) mass is 350 g/mol. The highest BCUT2D eigenvalue weighted by Gasteiger charge is 2.09. The maximum Gasteiger partial charge on any atom is 0.119 e. The van der Waals surface area contributed by atoms with Crippen LogP contribution in [-0.2, 0) is 12.8 Å². The Morgan fingerprint density at radius 3 is 2.58 bits per heavy atom. The van der Waals surface area contributed by atoms with E-state index in [-0.39, 0.29) is 0 Å². The van der Waals surface area contributed by atoms with E-state index < -0.39 is 0 Å². The molecule has 0 radical (unpaired) electrons. The van der Waals surface area contributed by atoms with Crippen LogP contribution in [0.4, 0.5) is 0 Å². The van der Waals surface area contributed by atoms with Gasteiger partial charge in [0.2, 0.25) is 0 Å². The molecule has 0 saturated heterocycles. The molecule has 2 aromatic carbocycles. The van der Waals surface area contributed by atoms with Gasteiger partial charge in [0.1, 0.15) is 5.75 Å². The van der Waals surface area contributed by atoms with E-state index >= 15 is 0 Å². The Balaban J connectivity index is 1.37. The summed E-state index contributed by atoms with van der Waals surface area (Å²) in [7, 11) is 1.73. The Morgan fingerprint density at radius 1 is 0.923 bits per heavy atom. The number of aryl methyl sites for hydroxylation is 2. The molecule has 0 saturated carbocycles. The van der Waals surface area contributed by atoms with Crippen LogP contribution in [0.2, 0.25) is 0 Å². The average Bonchev–Trinajstić information content (AvgIpc) is 2.99. The van der Waals surface area contributed by atoms with E-state index in [1.165, 1.54) is 47.0 Å². The predicted octanol–water partition coefficient (Wildman–Crippen LogP) is 5.03. The van der Waals surface area contributed by atoms with Gasteiger partial charge >= 0.3 is 0 Å². The fraction of sp³-hybridized carbons (Fsp3) is 0.391. The second-order valence-corrected chi connectivity index (χ2v) is 6.94. The Labute approximate surface area is 156 Å². The lowest BCUT2D eigenvalue weighted by molar-refractivity contribution is 0.415.